The molecule has 1 aliphatic heterocycles. The molecule has 1 aliphatic carbocycles. The smallest absolute Gasteiger partial charge is 0.421 e. The van der Waals surface area contributed by atoms with Gasteiger partial charge in [0.15, 0.2) is 0 Å². The van der Waals surface area contributed by atoms with Crippen molar-refractivity contribution in [2.45, 2.75) is 63.3 Å². The molecule has 1 spiro atoms. The summed E-state index contributed by atoms with van der Waals surface area (Å²) in [6, 6.07) is 3.60. The Balaban J connectivity index is 1.87. The van der Waals surface area contributed by atoms with Crippen molar-refractivity contribution in [1.29, 1.82) is 0 Å². The zero-order chi connectivity index (χ0) is 20.1. The van der Waals surface area contributed by atoms with Crippen molar-refractivity contribution >= 4 is 16.1 Å². The van der Waals surface area contributed by atoms with E-state index in [4.69, 9.17) is 9.47 Å². The van der Waals surface area contributed by atoms with E-state index in [-0.39, 0.29) is 17.7 Å². The Morgan fingerprint density at radius 2 is 2.04 bits per heavy atom. The minimum absolute atomic E-state index is 0.0495. The van der Waals surface area contributed by atoms with Gasteiger partial charge in [0.1, 0.15) is 34.1 Å². The first-order valence-corrected chi connectivity index (χ1v) is 10.4. The average molecular weight is 401 g/mol. The molecule has 0 aromatic heterocycles. The molecule has 1 amide bonds. The number of aliphatic hydroxyl groups is 1. The van der Waals surface area contributed by atoms with Crippen LogP contribution < -0.4 is 9.46 Å². The highest BCUT2D eigenvalue weighted by Crippen LogP contribution is 2.51. The number of ether oxygens (including phenoxy) is 2. The number of hydrogen-bond acceptors (Lipinski definition) is 6. The van der Waals surface area contributed by atoms with Crippen LogP contribution in [0.25, 0.3) is 0 Å². The Hall–Kier alpha value is -1.87. The fourth-order valence-electron chi connectivity index (χ4n) is 3.62. The van der Waals surface area contributed by atoms with Crippen molar-refractivity contribution in [2.24, 2.45) is 0 Å². The molecular weight excluding hydrogens is 377 g/mol. The van der Waals surface area contributed by atoms with E-state index in [0.717, 1.165) is 18.6 Å². The zero-order valence-electron chi connectivity index (χ0n) is 15.5. The van der Waals surface area contributed by atoms with Crippen LogP contribution in [0.15, 0.2) is 18.2 Å². The molecular formula is C18H24FNO6S. The van der Waals surface area contributed by atoms with Gasteiger partial charge in [-0.15, -0.1) is 0 Å². The van der Waals surface area contributed by atoms with Crippen molar-refractivity contribution in [1.82, 2.24) is 4.72 Å². The maximum absolute atomic E-state index is 13.6. The van der Waals surface area contributed by atoms with Gasteiger partial charge in [0, 0.05) is 18.1 Å². The van der Waals surface area contributed by atoms with Gasteiger partial charge in [-0.3, -0.25) is 0 Å². The van der Waals surface area contributed by atoms with E-state index < -0.39 is 44.5 Å². The molecule has 1 unspecified atom stereocenters. The molecule has 27 heavy (non-hydrogen) atoms. The van der Waals surface area contributed by atoms with Crippen LogP contribution in [-0.2, 0) is 20.4 Å². The van der Waals surface area contributed by atoms with Gasteiger partial charge in [-0.05, 0) is 52.2 Å². The number of halogens is 1. The molecule has 1 saturated carbocycles. The SMILES string of the molecule is CC(C)(C)OC(=O)NS(=O)(=O)CC1(O)CC2(CCC2)Oc2cc(F)ccc21. The number of fused-ring (bicyclic) bond motifs is 1. The topological polar surface area (TPSA) is 102 Å². The molecule has 1 atom stereocenters. The first kappa shape index (κ1) is 19.9. The van der Waals surface area contributed by atoms with Crippen LogP contribution in [0.4, 0.5) is 9.18 Å². The number of amides is 1. The van der Waals surface area contributed by atoms with Crippen LogP contribution in [0.5, 0.6) is 5.75 Å². The standard InChI is InChI=1S/C18H24FNO6S/c1-16(2,3)26-15(21)20-27(23,24)11-18(22)10-17(7-4-8-17)25-14-9-12(19)5-6-13(14)18/h5-6,9,22H,4,7-8,10-11H2,1-3H3,(H,20,21). The third-order valence-corrected chi connectivity index (χ3v) is 6.05. The van der Waals surface area contributed by atoms with Gasteiger partial charge in [0.05, 0.1) is 0 Å². The number of hydrogen-bond donors (Lipinski definition) is 2. The maximum atomic E-state index is 13.6. The molecule has 0 bridgehead atoms. The third-order valence-electron chi connectivity index (χ3n) is 4.72. The second-order valence-corrected chi connectivity index (χ2v) is 10.1. The van der Waals surface area contributed by atoms with Crippen molar-refractivity contribution in [2.75, 3.05) is 5.75 Å². The number of carbonyl (C=O) groups is 1. The van der Waals surface area contributed by atoms with E-state index in [0.29, 0.717) is 12.8 Å². The Kier molecular flexibility index (Phi) is 4.67. The third kappa shape index (κ3) is 4.35. The van der Waals surface area contributed by atoms with Gasteiger partial charge < -0.3 is 14.6 Å². The summed E-state index contributed by atoms with van der Waals surface area (Å²) in [6.07, 6.45) is 1.10. The van der Waals surface area contributed by atoms with E-state index in [1.165, 1.54) is 6.07 Å². The highest BCUT2D eigenvalue weighted by molar-refractivity contribution is 7.90. The number of sulfonamides is 1. The summed E-state index contributed by atoms with van der Waals surface area (Å²) in [5, 5.41) is 11.2. The summed E-state index contributed by atoms with van der Waals surface area (Å²) < 4.78 is 51.3. The van der Waals surface area contributed by atoms with E-state index in [9.17, 15) is 22.7 Å². The van der Waals surface area contributed by atoms with Crippen molar-refractivity contribution in [3.8, 4) is 5.75 Å². The van der Waals surface area contributed by atoms with Crippen LogP contribution in [0.2, 0.25) is 0 Å². The summed E-state index contributed by atoms with van der Waals surface area (Å²) in [7, 11) is -4.22. The van der Waals surface area contributed by atoms with Crippen molar-refractivity contribution in [3.05, 3.63) is 29.6 Å². The summed E-state index contributed by atoms with van der Waals surface area (Å²) in [5.74, 6) is -1.17. The molecule has 1 fully saturated rings. The molecule has 3 rings (SSSR count). The van der Waals surface area contributed by atoms with Gasteiger partial charge in [-0.2, -0.15) is 0 Å². The lowest BCUT2D eigenvalue weighted by atomic mass is 9.69. The zero-order valence-corrected chi connectivity index (χ0v) is 16.4. The van der Waals surface area contributed by atoms with Crippen molar-refractivity contribution in [3.63, 3.8) is 0 Å². The van der Waals surface area contributed by atoms with E-state index in [2.05, 4.69) is 0 Å². The first-order valence-electron chi connectivity index (χ1n) is 8.77. The van der Waals surface area contributed by atoms with Crippen LogP contribution in [0.1, 0.15) is 52.0 Å². The summed E-state index contributed by atoms with van der Waals surface area (Å²) in [5.41, 5.74) is -3.20. The van der Waals surface area contributed by atoms with Crippen LogP contribution >= 0.6 is 0 Å². The minimum Gasteiger partial charge on any atom is -0.487 e. The lowest BCUT2D eigenvalue weighted by Gasteiger charge is -2.50. The van der Waals surface area contributed by atoms with Gasteiger partial charge in [0.2, 0.25) is 10.0 Å². The lowest BCUT2D eigenvalue weighted by Crippen LogP contribution is -2.55. The molecule has 1 heterocycles. The molecule has 0 radical (unpaired) electrons. The Labute approximate surface area is 157 Å². The molecule has 1 aromatic rings. The molecule has 0 saturated heterocycles. The predicted molar refractivity (Wildman–Crippen MR) is 95.3 cm³/mol. The highest BCUT2D eigenvalue weighted by Gasteiger charge is 2.53. The molecule has 1 aromatic carbocycles. The second kappa shape index (κ2) is 6.34. The van der Waals surface area contributed by atoms with Gasteiger partial charge >= 0.3 is 6.09 Å². The molecule has 9 heteroatoms. The Morgan fingerprint density at radius 3 is 2.59 bits per heavy atom. The minimum atomic E-state index is -4.22. The molecule has 7 nitrogen and oxygen atoms in total. The number of nitrogens with one attached hydrogen (secondary N) is 1. The van der Waals surface area contributed by atoms with E-state index >= 15 is 0 Å². The molecule has 150 valence electrons. The lowest BCUT2D eigenvalue weighted by molar-refractivity contribution is -0.105. The fraction of sp³-hybridized carbons (Fsp3) is 0.611. The second-order valence-electron chi connectivity index (χ2n) is 8.35. The summed E-state index contributed by atoms with van der Waals surface area (Å²) >= 11 is 0. The van der Waals surface area contributed by atoms with Crippen LogP contribution in [-0.4, -0.2) is 36.6 Å². The fourth-order valence-corrected chi connectivity index (χ4v) is 4.87. The number of carbonyl (C=O) groups excluding carboxylic acids is 1. The summed E-state index contributed by atoms with van der Waals surface area (Å²) in [4.78, 5) is 11.8. The van der Waals surface area contributed by atoms with E-state index in [1.54, 1.807) is 20.8 Å². The Bertz CT molecular complexity index is 859. The highest BCUT2D eigenvalue weighted by atomic mass is 32.2. The number of benzene rings is 1. The first-order chi connectivity index (χ1) is 12.3. The molecule has 2 aliphatic rings. The van der Waals surface area contributed by atoms with Crippen LogP contribution in [0.3, 0.4) is 0 Å². The van der Waals surface area contributed by atoms with Crippen LogP contribution in [0, 0.1) is 5.82 Å². The number of rotatable bonds is 3. The molecule has 2 N–H and O–H groups in total. The van der Waals surface area contributed by atoms with Gasteiger partial charge in [0.25, 0.3) is 0 Å². The maximum Gasteiger partial charge on any atom is 0.421 e. The quantitative estimate of drug-likeness (QED) is 0.807. The van der Waals surface area contributed by atoms with Crippen molar-refractivity contribution < 1.29 is 32.2 Å². The largest absolute Gasteiger partial charge is 0.487 e. The van der Waals surface area contributed by atoms with Gasteiger partial charge in [-0.25, -0.2) is 22.3 Å². The summed E-state index contributed by atoms with van der Waals surface area (Å²) in [6.45, 7) is 4.82. The Morgan fingerprint density at radius 1 is 1.37 bits per heavy atom. The monoisotopic (exact) mass is 401 g/mol. The normalized spacial score (nSPS) is 23.7. The predicted octanol–water partition coefficient (Wildman–Crippen LogP) is 2.57. The van der Waals surface area contributed by atoms with Gasteiger partial charge in [-0.1, -0.05) is 0 Å². The van der Waals surface area contributed by atoms with E-state index in [1.807, 2.05) is 4.72 Å². The average Bonchev–Trinajstić information content (AvgIpc) is 2.40.